The zero-order chi connectivity index (χ0) is 25.8. The first-order valence-corrected chi connectivity index (χ1v) is 13.0. The van der Waals surface area contributed by atoms with E-state index in [0.717, 1.165) is 16.1 Å². The highest BCUT2D eigenvalue weighted by molar-refractivity contribution is 7.09. The number of hydrogen-bond donors (Lipinski definition) is 0. The Labute approximate surface area is 214 Å². The first-order chi connectivity index (χ1) is 17.3. The van der Waals surface area contributed by atoms with Gasteiger partial charge in [-0.1, -0.05) is 17.7 Å². The van der Waals surface area contributed by atoms with E-state index >= 15 is 0 Å². The van der Waals surface area contributed by atoms with Gasteiger partial charge in [-0.25, -0.2) is 0 Å². The molecule has 4 rings (SSSR count). The lowest BCUT2D eigenvalue weighted by atomic mass is 9.97. The van der Waals surface area contributed by atoms with Crippen LogP contribution in [0.2, 0.25) is 0 Å². The molecule has 190 valence electrons. The molecule has 0 radical (unpaired) electrons. The number of aryl methyl sites for hydroxylation is 2. The van der Waals surface area contributed by atoms with Gasteiger partial charge in [0.1, 0.15) is 5.76 Å². The van der Waals surface area contributed by atoms with Gasteiger partial charge in [-0.05, 0) is 64.8 Å². The van der Waals surface area contributed by atoms with Crippen molar-refractivity contribution >= 4 is 29.1 Å². The van der Waals surface area contributed by atoms with E-state index in [1.807, 2.05) is 43.5 Å². The Morgan fingerprint density at radius 1 is 1.11 bits per heavy atom. The third-order valence-electron chi connectivity index (χ3n) is 6.44. The number of carbonyl (C=O) groups is 3. The summed E-state index contributed by atoms with van der Waals surface area (Å²) in [6, 6.07) is 10.8. The number of piperidine rings is 1. The number of amides is 2. The van der Waals surface area contributed by atoms with E-state index in [1.165, 1.54) is 11.3 Å². The highest BCUT2D eigenvalue weighted by Gasteiger charge is 2.29. The first-order valence-electron chi connectivity index (χ1n) is 12.1. The Hall–Kier alpha value is -3.46. The van der Waals surface area contributed by atoms with Crippen molar-refractivity contribution < 1.29 is 23.5 Å². The maximum atomic E-state index is 13.0. The maximum Gasteiger partial charge on any atom is 0.309 e. The zero-order valence-corrected chi connectivity index (χ0v) is 21.9. The fourth-order valence-electron chi connectivity index (χ4n) is 4.27. The summed E-state index contributed by atoms with van der Waals surface area (Å²) in [5.74, 6) is 0.0308. The van der Waals surface area contributed by atoms with Gasteiger partial charge in [0, 0.05) is 29.2 Å². The second-order valence-electron chi connectivity index (χ2n) is 8.98. The smallest absolute Gasteiger partial charge is 0.309 e. The third-order valence-corrected chi connectivity index (χ3v) is 7.54. The number of hydrogen-bond acceptors (Lipinski definition) is 6. The molecular weight excluding hydrogens is 478 g/mol. The Balaban J connectivity index is 1.48. The molecule has 0 bridgehead atoms. The standard InChI is InChI=1S/C27H31N3O5S/c1-5-34-26(33)20-11-13-29(14-12-20)25(32)23-10-9-22(35-23)16-30-18(3)19(4)36-27(30)28-24(31)21-8-6-7-17(2)15-21/h6-10,15,20H,5,11-14,16H2,1-4H3. The van der Waals surface area contributed by atoms with E-state index in [-0.39, 0.29) is 29.5 Å². The van der Waals surface area contributed by atoms with Crippen LogP contribution in [0.3, 0.4) is 0 Å². The van der Waals surface area contributed by atoms with E-state index < -0.39 is 0 Å². The van der Waals surface area contributed by atoms with Crippen LogP contribution in [0, 0.1) is 26.7 Å². The van der Waals surface area contributed by atoms with Gasteiger partial charge >= 0.3 is 5.97 Å². The Kier molecular flexibility index (Phi) is 7.88. The minimum Gasteiger partial charge on any atom is -0.466 e. The maximum absolute atomic E-state index is 13.0. The average molecular weight is 510 g/mol. The van der Waals surface area contributed by atoms with Crippen LogP contribution in [0.5, 0.6) is 0 Å². The van der Waals surface area contributed by atoms with Crippen molar-refractivity contribution in [3.8, 4) is 0 Å². The van der Waals surface area contributed by atoms with Crippen molar-refractivity contribution in [2.75, 3.05) is 19.7 Å². The molecule has 2 aromatic heterocycles. The van der Waals surface area contributed by atoms with E-state index in [1.54, 1.807) is 30.0 Å². The Morgan fingerprint density at radius 3 is 2.56 bits per heavy atom. The predicted octanol–water partition coefficient (Wildman–Crippen LogP) is 4.27. The molecular formula is C27H31N3O5S. The monoisotopic (exact) mass is 509 g/mol. The Morgan fingerprint density at radius 2 is 1.86 bits per heavy atom. The number of rotatable bonds is 6. The van der Waals surface area contributed by atoms with Crippen molar-refractivity contribution in [2.24, 2.45) is 10.9 Å². The van der Waals surface area contributed by atoms with Crippen molar-refractivity contribution in [1.82, 2.24) is 9.47 Å². The van der Waals surface area contributed by atoms with Crippen LogP contribution in [-0.4, -0.2) is 46.9 Å². The molecule has 0 atom stereocenters. The lowest BCUT2D eigenvalue weighted by Crippen LogP contribution is -2.40. The summed E-state index contributed by atoms with van der Waals surface area (Å²) < 4.78 is 13.0. The fourth-order valence-corrected chi connectivity index (χ4v) is 5.24. The lowest BCUT2D eigenvalue weighted by Gasteiger charge is -2.30. The second kappa shape index (κ2) is 11.1. The molecule has 1 aromatic carbocycles. The van der Waals surface area contributed by atoms with E-state index in [4.69, 9.17) is 9.15 Å². The number of likely N-dealkylation sites (tertiary alicyclic amines) is 1. The molecule has 1 fully saturated rings. The minimum absolute atomic E-state index is 0.160. The number of aromatic nitrogens is 1. The largest absolute Gasteiger partial charge is 0.466 e. The molecule has 2 amide bonds. The molecule has 0 saturated carbocycles. The molecule has 0 spiro atoms. The highest BCUT2D eigenvalue weighted by atomic mass is 32.1. The Bertz CT molecular complexity index is 1340. The molecule has 1 aliphatic heterocycles. The number of benzene rings is 1. The van der Waals surface area contributed by atoms with E-state index in [0.29, 0.717) is 55.2 Å². The van der Waals surface area contributed by atoms with Crippen LogP contribution in [0.4, 0.5) is 0 Å². The zero-order valence-electron chi connectivity index (χ0n) is 21.1. The number of furan rings is 1. The summed E-state index contributed by atoms with van der Waals surface area (Å²) in [6.07, 6.45) is 1.17. The van der Waals surface area contributed by atoms with Crippen LogP contribution >= 0.6 is 11.3 Å². The molecule has 3 aromatic rings. The van der Waals surface area contributed by atoms with E-state index in [2.05, 4.69) is 4.99 Å². The quantitative estimate of drug-likeness (QED) is 0.463. The van der Waals surface area contributed by atoms with Crippen LogP contribution in [0.25, 0.3) is 0 Å². The van der Waals surface area contributed by atoms with Crippen LogP contribution < -0.4 is 4.80 Å². The predicted molar refractivity (Wildman–Crippen MR) is 136 cm³/mol. The average Bonchev–Trinajstić information content (AvgIpc) is 3.44. The van der Waals surface area contributed by atoms with Crippen molar-refractivity contribution in [1.29, 1.82) is 0 Å². The number of ether oxygens (including phenoxy) is 1. The van der Waals surface area contributed by atoms with E-state index in [9.17, 15) is 14.4 Å². The normalized spacial score (nSPS) is 14.8. The first kappa shape index (κ1) is 25.6. The van der Waals surface area contributed by atoms with Gasteiger partial charge in [-0.2, -0.15) is 4.99 Å². The number of carbonyl (C=O) groups excluding carboxylic acids is 3. The van der Waals surface area contributed by atoms with Crippen molar-refractivity contribution in [3.05, 3.63) is 74.4 Å². The summed E-state index contributed by atoms with van der Waals surface area (Å²) in [7, 11) is 0. The molecule has 9 heteroatoms. The van der Waals surface area contributed by atoms with Crippen LogP contribution in [-0.2, 0) is 16.1 Å². The van der Waals surface area contributed by atoms with Gasteiger partial charge in [-0.3, -0.25) is 14.4 Å². The molecule has 0 unspecified atom stereocenters. The molecule has 8 nitrogen and oxygen atoms in total. The molecule has 1 aliphatic rings. The summed E-state index contributed by atoms with van der Waals surface area (Å²) >= 11 is 1.45. The topological polar surface area (TPSA) is 94.1 Å². The number of nitrogens with zero attached hydrogens (tertiary/aromatic N) is 3. The summed E-state index contributed by atoms with van der Waals surface area (Å²) in [5.41, 5.74) is 2.53. The minimum atomic E-state index is -0.296. The van der Waals surface area contributed by atoms with Gasteiger partial charge in [0.15, 0.2) is 10.6 Å². The summed E-state index contributed by atoms with van der Waals surface area (Å²) in [4.78, 5) is 45.5. The molecule has 36 heavy (non-hydrogen) atoms. The summed E-state index contributed by atoms with van der Waals surface area (Å²) in [5, 5.41) is 0. The molecule has 0 N–H and O–H groups in total. The number of thiazole rings is 1. The van der Waals surface area contributed by atoms with Gasteiger partial charge < -0.3 is 18.6 Å². The third kappa shape index (κ3) is 5.67. The van der Waals surface area contributed by atoms with Gasteiger partial charge in [0.2, 0.25) is 0 Å². The van der Waals surface area contributed by atoms with Crippen molar-refractivity contribution in [2.45, 2.75) is 47.1 Å². The molecule has 3 heterocycles. The second-order valence-corrected chi connectivity index (χ2v) is 10.2. The molecule has 0 aliphatic carbocycles. The SMILES string of the molecule is CCOC(=O)C1CCN(C(=O)c2ccc(Cn3c(C)c(C)sc3=NC(=O)c3cccc(C)c3)o2)CC1. The highest BCUT2D eigenvalue weighted by Crippen LogP contribution is 2.22. The number of esters is 1. The van der Waals surface area contributed by atoms with Gasteiger partial charge in [0.25, 0.3) is 11.8 Å². The van der Waals surface area contributed by atoms with Gasteiger partial charge in [-0.15, -0.1) is 11.3 Å². The van der Waals surface area contributed by atoms with Crippen LogP contribution in [0.15, 0.2) is 45.8 Å². The van der Waals surface area contributed by atoms with Crippen LogP contribution in [0.1, 0.15) is 62.6 Å². The van der Waals surface area contributed by atoms with Gasteiger partial charge in [0.05, 0.1) is 19.1 Å². The van der Waals surface area contributed by atoms with Crippen molar-refractivity contribution in [3.63, 3.8) is 0 Å². The summed E-state index contributed by atoms with van der Waals surface area (Å²) in [6.45, 7) is 9.39. The molecule has 1 saturated heterocycles. The fraction of sp³-hybridized carbons (Fsp3) is 0.407. The lowest BCUT2D eigenvalue weighted by molar-refractivity contribution is -0.149.